The van der Waals surface area contributed by atoms with Gasteiger partial charge in [-0.25, -0.2) is 0 Å². The van der Waals surface area contributed by atoms with Gasteiger partial charge in [0, 0.05) is 0 Å². The highest BCUT2D eigenvalue weighted by Gasteiger charge is 2.14. The maximum atomic E-state index is 9.81. The Kier molecular flexibility index (Phi) is 15.2. The fraction of sp³-hybridized carbons (Fsp3) is 0.895. The minimum absolute atomic E-state index is 0.176. The van der Waals surface area contributed by atoms with Crippen molar-refractivity contribution >= 4 is 0 Å². The molecule has 2 atom stereocenters. The first-order valence-electron chi connectivity index (χ1n) is 9.34. The standard InChI is InChI=1S/C19H39NO2/c1-3-4-5-6-7-8-9-10-11-12-13-14-15-17(2)19(22)18(20)16-21/h15,18-19,21-22H,3-14,16,20H2,1-2H3/t18-,19+/m0/s1. The van der Waals surface area contributed by atoms with Crippen LogP contribution >= 0.6 is 0 Å². The summed E-state index contributed by atoms with van der Waals surface area (Å²) < 4.78 is 0. The molecule has 0 aliphatic carbocycles. The molecule has 0 aromatic rings. The van der Waals surface area contributed by atoms with Crippen LogP contribution in [0.25, 0.3) is 0 Å². The molecule has 0 bridgehead atoms. The van der Waals surface area contributed by atoms with Gasteiger partial charge in [0.1, 0.15) is 0 Å². The fourth-order valence-corrected chi connectivity index (χ4v) is 2.70. The summed E-state index contributed by atoms with van der Waals surface area (Å²) in [5.41, 5.74) is 6.50. The van der Waals surface area contributed by atoms with Crippen molar-refractivity contribution < 1.29 is 10.2 Å². The molecule has 0 unspecified atom stereocenters. The van der Waals surface area contributed by atoms with Crippen LogP contribution in [0, 0.1) is 0 Å². The van der Waals surface area contributed by atoms with E-state index in [9.17, 15) is 5.11 Å². The van der Waals surface area contributed by atoms with E-state index in [1.165, 1.54) is 70.6 Å². The van der Waals surface area contributed by atoms with E-state index in [1.807, 2.05) is 6.92 Å². The van der Waals surface area contributed by atoms with Crippen molar-refractivity contribution in [3.63, 3.8) is 0 Å². The molecule has 0 saturated heterocycles. The van der Waals surface area contributed by atoms with Crippen LogP contribution < -0.4 is 5.73 Å². The Hall–Kier alpha value is -0.380. The minimum atomic E-state index is -0.710. The monoisotopic (exact) mass is 313 g/mol. The quantitative estimate of drug-likeness (QED) is 0.312. The molecule has 4 N–H and O–H groups in total. The van der Waals surface area contributed by atoms with Crippen LogP contribution in [-0.2, 0) is 0 Å². The average Bonchev–Trinajstić information content (AvgIpc) is 2.54. The highest BCUT2D eigenvalue weighted by molar-refractivity contribution is 5.07. The highest BCUT2D eigenvalue weighted by atomic mass is 16.3. The zero-order chi connectivity index (χ0) is 16.6. The zero-order valence-electron chi connectivity index (χ0n) is 14.9. The maximum Gasteiger partial charge on any atom is 0.0920 e. The Morgan fingerprint density at radius 3 is 1.82 bits per heavy atom. The van der Waals surface area contributed by atoms with Crippen molar-refractivity contribution in [2.24, 2.45) is 5.73 Å². The first-order chi connectivity index (χ1) is 10.6. The second-order valence-corrected chi connectivity index (χ2v) is 6.56. The highest BCUT2D eigenvalue weighted by Crippen LogP contribution is 2.13. The van der Waals surface area contributed by atoms with Gasteiger partial charge in [0.25, 0.3) is 0 Å². The van der Waals surface area contributed by atoms with Gasteiger partial charge in [-0.1, -0.05) is 77.2 Å². The van der Waals surface area contributed by atoms with Crippen molar-refractivity contribution in [3.05, 3.63) is 11.6 Å². The molecule has 0 aliphatic heterocycles. The average molecular weight is 314 g/mol. The number of aliphatic hydroxyl groups is 2. The first kappa shape index (κ1) is 21.6. The van der Waals surface area contributed by atoms with E-state index in [-0.39, 0.29) is 6.61 Å². The lowest BCUT2D eigenvalue weighted by molar-refractivity contribution is 0.135. The van der Waals surface area contributed by atoms with Gasteiger partial charge < -0.3 is 15.9 Å². The van der Waals surface area contributed by atoms with Crippen LogP contribution in [0.1, 0.15) is 90.9 Å². The number of aliphatic hydroxyl groups excluding tert-OH is 2. The van der Waals surface area contributed by atoms with E-state index in [0.717, 1.165) is 12.0 Å². The lowest BCUT2D eigenvalue weighted by Crippen LogP contribution is -2.38. The molecule has 0 heterocycles. The Labute approximate surface area is 138 Å². The van der Waals surface area contributed by atoms with E-state index in [1.54, 1.807) is 0 Å². The SMILES string of the molecule is CCCCCCCCCCCCCC=C(C)[C@@H](O)[C@@H](N)CO. The molecule has 0 amide bonds. The van der Waals surface area contributed by atoms with Crippen LogP contribution in [0.2, 0.25) is 0 Å². The van der Waals surface area contributed by atoms with Gasteiger partial charge in [-0.15, -0.1) is 0 Å². The third kappa shape index (κ3) is 12.2. The summed E-state index contributed by atoms with van der Waals surface area (Å²) in [6.07, 6.45) is 17.2. The van der Waals surface area contributed by atoms with Crippen LogP contribution in [0.3, 0.4) is 0 Å². The molecule has 3 heteroatoms. The number of unbranched alkanes of at least 4 members (excludes halogenated alkanes) is 11. The fourth-order valence-electron chi connectivity index (χ4n) is 2.70. The summed E-state index contributed by atoms with van der Waals surface area (Å²) in [7, 11) is 0. The third-order valence-electron chi connectivity index (χ3n) is 4.36. The topological polar surface area (TPSA) is 66.5 Å². The van der Waals surface area contributed by atoms with Gasteiger partial charge in [-0.05, 0) is 25.3 Å². The molecule has 0 radical (unpaired) electrons. The Morgan fingerprint density at radius 1 is 0.909 bits per heavy atom. The molecule has 0 saturated carbocycles. The van der Waals surface area contributed by atoms with E-state index < -0.39 is 12.1 Å². The van der Waals surface area contributed by atoms with Crippen LogP contribution in [0.5, 0.6) is 0 Å². The summed E-state index contributed by atoms with van der Waals surface area (Å²) in [6, 6.07) is -0.562. The van der Waals surface area contributed by atoms with Gasteiger partial charge in [0.2, 0.25) is 0 Å². The lowest BCUT2D eigenvalue weighted by Gasteiger charge is -2.17. The second kappa shape index (κ2) is 15.5. The van der Waals surface area contributed by atoms with Crippen molar-refractivity contribution in [2.45, 2.75) is 103 Å². The number of hydrogen-bond donors (Lipinski definition) is 3. The largest absolute Gasteiger partial charge is 0.395 e. The van der Waals surface area contributed by atoms with Crippen molar-refractivity contribution in [2.75, 3.05) is 6.61 Å². The normalized spacial score (nSPS) is 15.0. The van der Waals surface area contributed by atoms with E-state index in [0.29, 0.717) is 0 Å². The van der Waals surface area contributed by atoms with Gasteiger partial charge in [0.05, 0.1) is 18.8 Å². The smallest absolute Gasteiger partial charge is 0.0920 e. The lowest BCUT2D eigenvalue weighted by atomic mass is 10.0. The Balaban J connectivity index is 3.39. The summed E-state index contributed by atoms with van der Waals surface area (Å²) in [6.45, 7) is 3.97. The zero-order valence-corrected chi connectivity index (χ0v) is 14.9. The van der Waals surface area contributed by atoms with Crippen LogP contribution in [-0.4, -0.2) is 29.0 Å². The van der Waals surface area contributed by atoms with Gasteiger partial charge in [-0.2, -0.15) is 0 Å². The predicted molar refractivity (Wildman–Crippen MR) is 95.9 cm³/mol. The molecule has 0 aromatic carbocycles. The van der Waals surface area contributed by atoms with Gasteiger partial charge in [0.15, 0.2) is 0 Å². The van der Waals surface area contributed by atoms with E-state index >= 15 is 0 Å². The number of hydrogen-bond acceptors (Lipinski definition) is 3. The molecular weight excluding hydrogens is 274 g/mol. The Morgan fingerprint density at radius 2 is 1.36 bits per heavy atom. The molecule has 132 valence electrons. The third-order valence-corrected chi connectivity index (χ3v) is 4.36. The molecule has 0 rings (SSSR count). The molecular formula is C19H39NO2. The Bertz CT molecular complexity index is 266. The molecule has 0 aromatic heterocycles. The van der Waals surface area contributed by atoms with Crippen molar-refractivity contribution in [1.29, 1.82) is 0 Å². The van der Waals surface area contributed by atoms with Crippen LogP contribution in [0.4, 0.5) is 0 Å². The van der Waals surface area contributed by atoms with Gasteiger partial charge >= 0.3 is 0 Å². The van der Waals surface area contributed by atoms with Crippen molar-refractivity contribution in [3.8, 4) is 0 Å². The van der Waals surface area contributed by atoms with Gasteiger partial charge in [-0.3, -0.25) is 0 Å². The number of allylic oxidation sites excluding steroid dienone is 1. The molecule has 0 spiro atoms. The molecule has 22 heavy (non-hydrogen) atoms. The number of rotatable bonds is 15. The number of nitrogens with two attached hydrogens (primary N) is 1. The summed E-state index contributed by atoms with van der Waals surface area (Å²) in [5.74, 6) is 0. The van der Waals surface area contributed by atoms with E-state index in [2.05, 4.69) is 13.0 Å². The molecule has 0 aliphatic rings. The molecule has 3 nitrogen and oxygen atoms in total. The maximum absolute atomic E-state index is 9.81. The minimum Gasteiger partial charge on any atom is -0.395 e. The summed E-state index contributed by atoms with van der Waals surface area (Å²) >= 11 is 0. The summed E-state index contributed by atoms with van der Waals surface area (Å²) in [5, 5.41) is 18.7. The summed E-state index contributed by atoms with van der Waals surface area (Å²) in [4.78, 5) is 0. The van der Waals surface area contributed by atoms with E-state index in [4.69, 9.17) is 10.8 Å². The second-order valence-electron chi connectivity index (χ2n) is 6.56. The predicted octanol–water partition coefficient (Wildman–Crippen LogP) is 4.31. The van der Waals surface area contributed by atoms with Crippen molar-refractivity contribution in [1.82, 2.24) is 0 Å². The van der Waals surface area contributed by atoms with Crippen LogP contribution in [0.15, 0.2) is 11.6 Å². The molecule has 0 fully saturated rings. The first-order valence-corrected chi connectivity index (χ1v) is 9.34.